The molecule has 0 spiro atoms. The largest absolute Gasteiger partial charge is 0.493 e. The second-order valence-corrected chi connectivity index (χ2v) is 9.55. The quantitative estimate of drug-likeness (QED) is 0.361. The zero-order valence-electron chi connectivity index (χ0n) is 20.9. The SMILES string of the molecule is CCc1ccc(NC(=O)COc2ccc(/C=C3\SC(=O)N(Cc4cccc(C)c4)C3=O)cc2OC)cc1. The minimum Gasteiger partial charge on any atom is -0.493 e. The highest BCUT2D eigenvalue weighted by atomic mass is 32.2. The van der Waals surface area contributed by atoms with E-state index in [-0.39, 0.29) is 30.2 Å². The molecule has 0 aromatic heterocycles. The lowest BCUT2D eigenvalue weighted by Gasteiger charge is -2.13. The molecule has 3 aromatic carbocycles. The van der Waals surface area contributed by atoms with Crippen molar-refractivity contribution in [3.8, 4) is 11.5 Å². The summed E-state index contributed by atoms with van der Waals surface area (Å²) in [4.78, 5) is 39.3. The third-order valence-corrected chi connectivity index (χ3v) is 6.69. The number of anilines is 1. The molecule has 3 aromatic rings. The van der Waals surface area contributed by atoms with E-state index in [1.54, 1.807) is 24.3 Å². The van der Waals surface area contributed by atoms with E-state index >= 15 is 0 Å². The van der Waals surface area contributed by atoms with Crippen LogP contribution in [0.1, 0.15) is 29.2 Å². The van der Waals surface area contributed by atoms with Crippen LogP contribution in [-0.2, 0) is 22.6 Å². The molecule has 3 amide bonds. The highest BCUT2D eigenvalue weighted by Gasteiger charge is 2.35. The number of hydrogen-bond donors (Lipinski definition) is 1. The number of nitrogens with zero attached hydrogens (tertiary/aromatic N) is 1. The number of carbonyl (C=O) groups is 3. The zero-order valence-corrected chi connectivity index (χ0v) is 21.8. The number of aryl methyl sites for hydroxylation is 2. The number of hydrogen-bond acceptors (Lipinski definition) is 6. The Labute approximate surface area is 220 Å². The number of imide groups is 1. The molecule has 0 aliphatic carbocycles. The fourth-order valence-electron chi connectivity index (χ4n) is 3.84. The average molecular weight is 517 g/mol. The molecule has 0 saturated carbocycles. The van der Waals surface area contributed by atoms with Gasteiger partial charge in [-0.1, -0.05) is 55.0 Å². The number of rotatable bonds is 9. The van der Waals surface area contributed by atoms with Crippen molar-refractivity contribution in [1.29, 1.82) is 0 Å². The van der Waals surface area contributed by atoms with E-state index in [0.717, 1.165) is 29.3 Å². The van der Waals surface area contributed by atoms with Gasteiger partial charge in [-0.15, -0.1) is 0 Å². The topological polar surface area (TPSA) is 84.9 Å². The van der Waals surface area contributed by atoms with Crippen molar-refractivity contribution < 1.29 is 23.9 Å². The minimum absolute atomic E-state index is 0.191. The minimum atomic E-state index is -0.334. The number of carbonyl (C=O) groups excluding carboxylic acids is 3. The Kier molecular flexibility index (Phi) is 8.30. The molecular formula is C29H28N2O5S. The van der Waals surface area contributed by atoms with E-state index in [0.29, 0.717) is 27.7 Å². The van der Waals surface area contributed by atoms with Crippen molar-refractivity contribution in [3.63, 3.8) is 0 Å². The Bertz CT molecular complexity index is 1350. The smallest absolute Gasteiger partial charge is 0.293 e. The summed E-state index contributed by atoms with van der Waals surface area (Å²) in [5.41, 5.74) is 4.52. The van der Waals surface area contributed by atoms with Gasteiger partial charge in [0.25, 0.3) is 17.1 Å². The fourth-order valence-corrected chi connectivity index (χ4v) is 4.68. The van der Waals surface area contributed by atoms with Crippen molar-refractivity contribution in [2.45, 2.75) is 26.8 Å². The van der Waals surface area contributed by atoms with Gasteiger partial charge in [-0.2, -0.15) is 0 Å². The number of methoxy groups -OCH3 is 1. The van der Waals surface area contributed by atoms with Gasteiger partial charge in [0.1, 0.15) is 0 Å². The second-order valence-electron chi connectivity index (χ2n) is 8.55. The summed E-state index contributed by atoms with van der Waals surface area (Å²) in [7, 11) is 1.50. The van der Waals surface area contributed by atoms with Gasteiger partial charge in [0, 0.05) is 5.69 Å². The molecule has 0 radical (unpaired) electrons. The first kappa shape index (κ1) is 26.0. The highest BCUT2D eigenvalue weighted by molar-refractivity contribution is 8.18. The third kappa shape index (κ3) is 6.59. The number of thioether (sulfide) groups is 1. The molecule has 0 unspecified atom stereocenters. The summed E-state index contributed by atoms with van der Waals surface area (Å²) >= 11 is 0.909. The van der Waals surface area contributed by atoms with E-state index in [4.69, 9.17) is 9.47 Å². The van der Waals surface area contributed by atoms with Crippen LogP contribution in [0, 0.1) is 6.92 Å². The van der Waals surface area contributed by atoms with E-state index in [1.165, 1.54) is 17.6 Å². The van der Waals surface area contributed by atoms with Crippen LogP contribution < -0.4 is 14.8 Å². The third-order valence-electron chi connectivity index (χ3n) is 5.79. The van der Waals surface area contributed by atoms with Gasteiger partial charge in [-0.25, -0.2) is 0 Å². The Hall–Kier alpha value is -4.04. The van der Waals surface area contributed by atoms with Gasteiger partial charge in [-0.3, -0.25) is 19.3 Å². The number of ether oxygens (including phenoxy) is 2. The van der Waals surface area contributed by atoms with Crippen molar-refractivity contribution in [3.05, 3.63) is 93.9 Å². The second kappa shape index (κ2) is 11.8. The molecule has 1 aliphatic rings. The van der Waals surface area contributed by atoms with E-state index in [2.05, 4.69) is 12.2 Å². The number of nitrogens with one attached hydrogen (secondary N) is 1. The van der Waals surface area contributed by atoms with Crippen molar-refractivity contribution in [2.75, 3.05) is 19.0 Å². The Morgan fingerprint density at radius 3 is 2.49 bits per heavy atom. The average Bonchev–Trinajstić information content (AvgIpc) is 3.15. The van der Waals surface area contributed by atoms with Crippen LogP contribution in [0.3, 0.4) is 0 Å². The summed E-state index contributed by atoms with van der Waals surface area (Å²) in [6.45, 7) is 4.07. The Morgan fingerprint density at radius 2 is 1.78 bits per heavy atom. The maximum absolute atomic E-state index is 12.9. The maximum Gasteiger partial charge on any atom is 0.293 e. The highest BCUT2D eigenvalue weighted by Crippen LogP contribution is 2.35. The first-order valence-electron chi connectivity index (χ1n) is 11.9. The zero-order chi connectivity index (χ0) is 26.4. The van der Waals surface area contributed by atoms with Crippen LogP contribution >= 0.6 is 11.8 Å². The molecule has 190 valence electrons. The molecule has 1 heterocycles. The summed E-state index contributed by atoms with van der Waals surface area (Å²) in [6.07, 6.45) is 2.58. The molecule has 1 aliphatic heterocycles. The van der Waals surface area contributed by atoms with E-state index in [1.807, 2.05) is 55.5 Å². The predicted octanol–water partition coefficient (Wildman–Crippen LogP) is 5.82. The molecule has 4 rings (SSSR count). The molecule has 8 heteroatoms. The van der Waals surface area contributed by atoms with Crippen molar-refractivity contribution in [1.82, 2.24) is 4.90 Å². The molecule has 1 saturated heterocycles. The summed E-state index contributed by atoms with van der Waals surface area (Å²) in [5, 5.41) is 2.50. The van der Waals surface area contributed by atoms with E-state index < -0.39 is 0 Å². The Morgan fingerprint density at radius 1 is 1.00 bits per heavy atom. The van der Waals surface area contributed by atoms with Gasteiger partial charge >= 0.3 is 0 Å². The first-order valence-corrected chi connectivity index (χ1v) is 12.7. The lowest BCUT2D eigenvalue weighted by Crippen LogP contribution is -2.27. The summed E-state index contributed by atoms with van der Waals surface area (Å²) in [5.74, 6) is 0.175. The standard InChI is InChI=1S/C29H28N2O5S/c1-4-20-8-11-23(12-9-20)30-27(32)18-36-24-13-10-21(15-25(24)35-3)16-26-28(33)31(29(34)37-26)17-22-7-5-6-19(2)14-22/h5-16H,4,17-18H2,1-3H3,(H,30,32)/b26-16-. The summed E-state index contributed by atoms with van der Waals surface area (Å²) in [6, 6.07) is 20.5. The van der Waals surface area contributed by atoms with Crippen molar-refractivity contribution in [2.24, 2.45) is 0 Å². The lowest BCUT2D eigenvalue weighted by molar-refractivity contribution is -0.123. The molecule has 7 nitrogen and oxygen atoms in total. The van der Waals surface area contributed by atoms with Gasteiger partial charge in [0.15, 0.2) is 18.1 Å². The number of amides is 3. The normalized spacial score (nSPS) is 14.2. The number of benzene rings is 3. The molecule has 1 fully saturated rings. The summed E-state index contributed by atoms with van der Waals surface area (Å²) < 4.78 is 11.1. The van der Waals surface area contributed by atoms with Crippen LogP contribution in [0.2, 0.25) is 0 Å². The van der Waals surface area contributed by atoms with Gasteiger partial charge in [-0.05, 0) is 72.1 Å². The molecular weight excluding hydrogens is 488 g/mol. The molecule has 1 N–H and O–H groups in total. The monoisotopic (exact) mass is 516 g/mol. The molecule has 0 atom stereocenters. The molecule has 37 heavy (non-hydrogen) atoms. The lowest BCUT2D eigenvalue weighted by atomic mass is 10.1. The van der Waals surface area contributed by atoms with Gasteiger partial charge in [0.05, 0.1) is 18.6 Å². The maximum atomic E-state index is 12.9. The van der Waals surface area contributed by atoms with Crippen molar-refractivity contribution >= 4 is 40.6 Å². The predicted molar refractivity (Wildman–Crippen MR) is 146 cm³/mol. The molecule has 0 bridgehead atoms. The van der Waals surface area contributed by atoms with Crippen LogP contribution in [0.15, 0.2) is 71.6 Å². The fraction of sp³-hybridized carbons (Fsp3) is 0.207. The van der Waals surface area contributed by atoms with Gasteiger partial charge in [0.2, 0.25) is 0 Å². The van der Waals surface area contributed by atoms with Crippen LogP contribution in [0.25, 0.3) is 6.08 Å². The van der Waals surface area contributed by atoms with E-state index in [9.17, 15) is 14.4 Å². The van der Waals surface area contributed by atoms with Crippen LogP contribution in [0.4, 0.5) is 10.5 Å². The van der Waals surface area contributed by atoms with Crippen LogP contribution in [-0.4, -0.2) is 35.7 Å². The first-order chi connectivity index (χ1) is 17.9. The van der Waals surface area contributed by atoms with Crippen LogP contribution in [0.5, 0.6) is 11.5 Å². The Balaban J connectivity index is 1.40. The van der Waals surface area contributed by atoms with Gasteiger partial charge < -0.3 is 14.8 Å².